The molecule has 0 radical (unpaired) electrons. The van der Waals surface area contributed by atoms with E-state index in [9.17, 15) is 8.42 Å². The average molecular weight is 397 g/mol. The predicted octanol–water partition coefficient (Wildman–Crippen LogP) is 3.77. The molecule has 0 aliphatic heterocycles. The summed E-state index contributed by atoms with van der Waals surface area (Å²) in [4.78, 5) is 0.0824. The molecule has 0 aliphatic rings. The molecule has 0 saturated carbocycles. The molecule has 3 aromatic carbocycles. The quantitative estimate of drug-likeness (QED) is 0.390. The monoisotopic (exact) mass is 396 g/mol. The van der Waals surface area contributed by atoms with Crippen LogP contribution in [-0.2, 0) is 10.0 Å². The zero-order valence-electron chi connectivity index (χ0n) is 13.9. The lowest BCUT2D eigenvalue weighted by atomic mass is 10.2. The lowest BCUT2D eigenvalue weighted by Crippen LogP contribution is -2.18. The Balaban J connectivity index is 1.99. The first-order valence-electron chi connectivity index (χ1n) is 8.02. The van der Waals surface area contributed by atoms with Gasteiger partial charge >= 0.3 is 0 Å². The van der Waals surface area contributed by atoms with Gasteiger partial charge in [-0.1, -0.05) is 59.3 Å². The molecule has 1 heterocycles. The maximum Gasteiger partial charge on any atom is 0.284 e. The number of para-hydroxylation sites is 1. The molecular formula is C19H13ClN4O2S. The Kier molecular flexibility index (Phi) is 4.47. The van der Waals surface area contributed by atoms with Crippen LogP contribution in [0.15, 0.2) is 88.2 Å². The predicted molar refractivity (Wildman–Crippen MR) is 105 cm³/mol. The lowest BCUT2D eigenvalue weighted by Gasteiger charge is -2.09. The molecule has 8 heteroatoms. The highest BCUT2D eigenvalue weighted by atomic mass is 35.5. The maximum absolute atomic E-state index is 12.9. The second kappa shape index (κ2) is 6.94. The summed E-state index contributed by atoms with van der Waals surface area (Å²) < 4.78 is 31.2. The van der Waals surface area contributed by atoms with Crippen LogP contribution in [0.2, 0.25) is 5.02 Å². The summed E-state index contributed by atoms with van der Waals surface area (Å²) in [6.45, 7) is 0. The Labute approximate surface area is 160 Å². The number of benzene rings is 3. The van der Waals surface area contributed by atoms with Gasteiger partial charge in [0.25, 0.3) is 10.0 Å². The third-order valence-corrected chi connectivity index (χ3v) is 5.53. The molecule has 0 unspecified atom stereocenters. The van der Waals surface area contributed by atoms with Crippen LogP contribution < -0.4 is 0 Å². The van der Waals surface area contributed by atoms with Crippen LogP contribution in [0.1, 0.15) is 5.56 Å². The number of nitrogens with zero attached hydrogens (tertiary/aromatic N) is 4. The van der Waals surface area contributed by atoms with E-state index in [0.29, 0.717) is 21.6 Å². The van der Waals surface area contributed by atoms with Crippen molar-refractivity contribution < 1.29 is 8.42 Å². The summed E-state index contributed by atoms with van der Waals surface area (Å²) in [5, 5.41) is 8.56. The normalized spacial score (nSPS) is 12.4. The first kappa shape index (κ1) is 17.4. The van der Waals surface area contributed by atoms with E-state index in [0.717, 1.165) is 0 Å². The lowest BCUT2D eigenvalue weighted by molar-refractivity contribution is 0.597. The van der Waals surface area contributed by atoms with E-state index in [2.05, 4.69) is 14.7 Å². The SMILES string of the molecule is O=S(=O)(N=C(c1ccccc1Cl)n1nnc2ccccc21)c1ccccc1. The number of hydrogen-bond donors (Lipinski definition) is 0. The van der Waals surface area contributed by atoms with E-state index in [1.807, 2.05) is 12.1 Å². The van der Waals surface area contributed by atoms with E-state index < -0.39 is 10.0 Å². The van der Waals surface area contributed by atoms with Gasteiger partial charge in [-0.25, -0.2) is 0 Å². The van der Waals surface area contributed by atoms with Crippen LogP contribution in [0.5, 0.6) is 0 Å². The molecule has 6 nitrogen and oxygen atoms in total. The molecule has 1 aromatic heterocycles. The molecular weight excluding hydrogens is 384 g/mol. The molecule has 0 amide bonds. The molecule has 0 aliphatic carbocycles. The minimum atomic E-state index is -3.98. The van der Waals surface area contributed by atoms with Crippen molar-refractivity contribution >= 4 is 38.5 Å². The van der Waals surface area contributed by atoms with Gasteiger partial charge in [-0.2, -0.15) is 13.1 Å². The maximum atomic E-state index is 12.9. The minimum absolute atomic E-state index is 0.0816. The third kappa shape index (κ3) is 3.34. The summed E-state index contributed by atoms with van der Waals surface area (Å²) in [5.74, 6) is 0.0816. The van der Waals surface area contributed by atoms with Gasteiger partial charge in [-0.05, 0) is 36.4 Å². The largest absolute Gasteiger partial charge is 0.284 e. The topological polar surface area (TPSA) is 77.2 Å². The van der Waals surface area contributed by atoms with Gasteiger partial charge in [0.05, 0.1) is 15.4 Å². The Bertz CT molecular complexity index is 1250. The highest BCUT2D eigenvalue weighted by Crippen LogP contribution is 2.22. The molecule has 0 saturated heterocycles. The van der Waals surface area contributed by atoms with Crippen LogP contribution >= 0.6 is 11.6 Å². The zero-order valence-corrected chi connectivity index (χ0v) is 15.5. The fourth-order valence-corrected chi connectivity index (χ4v) is 3.86. The summed E-state index contributed by atoms with van der Waals surface area (Å²) in [7, 11) is -3.98. The Morgan fingerprint density at radius 1 is 0.889 bits per heavy atom. The molecule has 27 heavy (non-hydrogen) atoms. The zero-order chi connectivity index (χ0) is 18.9. The van der Waals surface area contributed by atoms with Crippen LogP contribution in [0.4, 0.5) is 0 Å². The van der Waals surface area contributed by atoms with E-state index >= 15 is 0 Å². The van der Waals surface area contributed by atoms with Gasteiger partial charge in [0, 0.05) is 5.56 Å². The standard InChI is InChI=1S/C19H13ClN4O2S/c20-16-11-5-4-10-15(16)19(22-27(25,26)14-8-2-1-3-9-14)24-18-13-7-6-12-17(18)21-23-24/h1-13H. The molecule has 0 atom stereocenters. The van der Waals surface area contributed by atoms with Gasteiger partial charge in [-0.3, -0.25) is 0 Å². The number of aromatic nitrogens is 3. The second-order valence-electron chi connectivity index (χ2n) is 5.67. The van der Waals surface area contributed by atoms with Crippen LogP contribution in [0, 0.1) is 0 Å². The highest BCUT2D eigenvalue weighted by molar-refractivity contribution is 7.90. The first-order chi connectivity index (χ1) is 13.1. The molecule has 0 N–H and O–H groups in total. The van der Waals surface area contributed by atoms with Crippen molar-refractivity contribution in [2.24, 2.45) is 4.40 Å². The van der Waals surface area contributed by atoms with E-state index in [1.165, 1.54) is 16.8 Å². The first-order valence-corrected chi connectivity index (χ1v) is 9.84. The number of rotatable bonds is 3. The molecule has 4 rings (SSSR count). The van der Waals surface area contributed by atoms with Gasteiger partial charge in [0.2, 0.25) is 0 Å². The van der Waals surface area contributed by atoms with Gasteiger partial charge in [0.15, 0.2) is 5.84 Å². The number of halogens is 1. The van der Waals surface area contributed by atoms with Crippen molar-refractivity contribution in [2.75, 3.05) is 0 Å². The Morgan fingerprint density at radius 2 is 1.56 bits per heavy atom. The Hall–Kier alpha value is -3.03. The van der Waals surface area contributed by atoms with Crippen molar-refractivity contribution in [3.63, 3.8) is 0 Å². The fourth-order valence-electron chi connectivity index (χ4n) is 2.63. The smallest absolute Gasteiger partial charge is 0.199 e. The van der Waals surface area contributed by atoms with Crippen molar-refractivity contribution in [2.45, 2.75) is 4.90 Å². The summed E-state index contributed by atoms with van der Waals surface area (Å²) >= 11 is 6.32. The van der Waals surface area contributed by atoms with Crippen LogP contribution in [0.25, 0.3) is 11.0 Å². The number of sulfonamides is 1. The van der Waals surface area contributed by atoms with Gasteiger partial charge < -0.3 is 0 Å². The van der Waals surface area contributed by atoms with E-state index in [1.54, 1.807) is 54.6 Å². The van der Waals surface area contributed by atoms with E-state index in [-0.39, 0.29) is 10.7 Å². The minimum Gasteiger partial charge on any atom is -0.199 e. The third-order valence-electron chi connectivity index (χ3n) is 3.91. The molecule has 134 valence electrons. The van der Waals surface area contributed by atoms with Crippen LogP contribution in [0.3, 0.4) is 0 Å². The van der Waals surface area contributed by atoms with Gasteiger partial charge in [-0.15, -0.1) is 9.50 Å². The Morgan fingerprint density at radius 3 is 2.33 bits per heavy atom. The van der Waals surface area contributed by atoms with Crippen molar-refractivity contribution in [1.29, 1.82) is 0 Å². The molecule has 0 spiro atoms. The molecule has 0 bridgehead atoms. The second-order valence-corrected chi connectivity index (χ2v) is 7.68. The number of hydrogen-bond acceptors (Lipinski definition) is 4. The summed E-state index contributed by atoms with van der Waals surface area (Å²) in [5.41, 5.74) is 1.68. The number of fused-ring (bicyclic) bond motifs is 1. The molecule has 4 aromatic rings. The summed E-state index contributed by atoms with van der Waals surface area (Å²) in [6.07, 6.45) is 0. The van der Waals surface area contributed by atoms with E-state index in [4.69, 9.17) is 11.6 Å². The average Bonchev–Trinajstić information content (AvgIpc) is 3.11. The van der Waals surface area contributed by atoms with Gasteiger partial charge in [0.1, 0.15) is 5.52 Å². The van der Waals surface area contributed by atoms with Crippen molar-refractivity contribution in [3.8, 4) is 0 Å². The van der Waals surface area contributed by atoms with Crippen molar-refractivity contribution in [1.82, 2.24) is 15.0 Å². The highest BCUT2D eigenvalue weighted by Gasteiger charge is 2.20. The van der Waals surface area contributed by atoms with Crippen LogP contribution in [-0.4, -0.2) is 29.2 Å². The summed E-state index contributed by atoms with van der Waals surface area (Å²) in [6, 6.07) is 22.1. The molecule has 0 fully saturated rings. The fraction of sp³-hybridized carbons (Fsp3) is 0. The van der Waals surface area contributed by atoms with Crippen molar-refractivity contribution in [3.05, 3.63) is 89.4 Å².